The molecule has 3 rings (SSSR count). The van der Waals surface area contributed by atoms with E-state index in [1.807, 2.05) is 60.7 Å². The quantitative estimate of drug-likeness (QED) is 0.610. The molecule has 0 N–H and O–H groups in total. The van der Waals surface area contributed by atoms with Gasteiger partial charge in [-0.25, -0.2) is 4.79 Å². The zero-order valence-corrected chi connectivity index (χ0v) is 13.1. The second-order valence-electron chi connectivity index (χ2n) is 5.12. The van der Waals surface area contributed by atoms with Crippen molar-refractivity contribution in [3.8, 4) is 0 Å². The second kappa shape index (κ2) is 7.12. The number of hydrogen-bond donors (Lipinski definition) is 0. The van der Waals surface area contributed by atoms with E-state index in [-0.39, 0.29) is 0 Å². The number of carbonyl (C=O) groups excluding carboxylic acids is 1. The molecule has 0 amide bonds. The molecule has 3 aromatic rings. The maximum absolute atomic E-state index is 12.5. The Hall–Kier alpha value is -2.58. The predicted octanol–water partition coefficient (Wildman–Crippen LogP) is 5.29. The highest BCUT2D eigenvalue weighted by Gasteiger charge is 2.19. The zero-order chi connectivity index (χ0) is 16.1. The van der Waals surface area contributed by atoms with Crippen molar-refractivity contribution in [2.24, 2.45) is 0 Å². The van der Waals surface area contributed by atoms with Crippen LogP contribution in [0.1, 0.15) is 27.6 Å². The summed E-state index contributed by atoms with van der Waals surface area (Å²) < 4.78 is 5.77. The van der Waals surface area contributed by atoms with Crippen LogP contribution in [0.3, 0.4) is 0 Å². The Morgan fingerprint density at radius 2 is 1.35 bits per heavy atom. The van der Waals surface area contributed by atoms with Gasteiger partial charge in [0, 0.05) is 5.02 Å². The van der Waals surface area contributed by atoms with Crippen LogP contribution in [-0.4, -0.2) is 5.97 Å². The first-order chi connectivity index (χ1) is 11.2. The maximum Gasteiger partial charge on any atom is 0.339 e. The maximum atomic E-state index is 12.5. The average Bonchev–Trinajstić information content (AvgIpc) is 2.61. The minimum absolute atomic E-state index is 0.398. The lowest BCUT2D eigenvalue weighted by Gasteiger charge is -2.19. The van der Waals surface area contributed by atoms with Crippen molar-refractivity contribution < 1.29 is 9.53 Å². The molecular formula is C20H15ClO2. The number of esters is 1. The first kappa shape index (κ1) is 15.3. The topological polar surface area (TPSA) is 26.3 Å². The predicted molar refractivity (Wildman–Crippen MR) is 91.6 cm³/mol. The van der Waals surface area contributed by atoms with Gasteiger partial charge in [0.15, 0.2) is 6.10 Å². The van der Waals surface area contributed by atoms with Crippen LogP contribution in [0.4, 0.5) is 0 Å². The molecule has 0 radical (unpaired) electrons. The minimum Gasteiger partial charge on any atom is -0.449 e. The summed E-state index contributed by atoms with van der Waals surface area (Å²) in [5.74, 6) is -0.398. The second-order valence-corrected chi connectivity index (χ2v) is 5.55. The molecular weight excluding hydrogens is 308 g/mol. The number of hydrogen-bond acceptors (Lipinski definition) is 2. The Balaban J connectivity index is 1.92. The van der Waals surface area contributed by atoms with Crippen molar-refractivity contribution in [3.63, 3.8) is 0 Å². The fraction of sp³-hybridized carbons (Fsp3) is 0.0500. The van der Waals surface area contributed by atoms with Gasteiger partial charge in [-0.1, -0.05) is 78.3 Å². The van der Waals surface area contributed by atoms with Crippen LogP contribution >= 0.6 is 11.6 Å². The van der Waals surface area contributed by atoms with E-state index in [1.54, 1.807) is 24.3 Å². The van der Waals surface area contributed by atoms with E-state index in [2.05, 4.69) is 0 Å². The SMILES string of the molecule is O=C(OC(c1ccccc1)c1ccccc1)c1cccc(Cl)c1. The van der Waals surface area contributed by atoms with Crippen molar-refractivity contribution in [1.29, 1.82) is 0 Å². The van der Waals surface area contributed by atoms with Gasteiger partial charge in [0.05, 0.1) is 5.56 Å². The third-order valence-electron chi connectivity index (χ3n) is 3.49. The molecule has 0 spiro atoms. The molecule has 0 aliphatic heterocycles. The number of halogens is 1. The first-order valence-electron chi connectivity index (χ1n) is 7.30. The number of carbonyl (C=O) groups is 1. The highest BCUT2D eigenvalue weighted by atomic mass is 35.5. The van der Waals surface area contributed by atoms with Gasteiger partial charge < -0.3 is 4.74 Å². The van der Waals surface area contributed by atoms with E-state index in [9.17, 15) is 4.79 Å². The van der Waals surface area contributed by atoms with Gasteiger partial charge in [0.25, 0.3) is 0 Å². The Morgan fingerprint density at radius 3 is 1.87 bits per heavy atom. The highest BCUT2D eigenvalue weighted by molar-refractivity contribution is 6.30. The fourth-order valence-electron chi connectivity index (χ4n) is 2.37. The lowest BCUT2D eigenvalue weighted by molar-refractivity contribution is 0.0378. The standard InChI is InChI=1S/C20H15ClO2/c21-18-13-7-12-17(14-18)20(22)23-19(15-8-3-1-4-9-15)16-10-5-2-6-11-16/h1-14,19H. The Labute approximate surface area is 140 Å². The van der Waals surface area contributed by atoms with Crippen LogP contribution in [0.15, 0.2) is 84.9 Å². The van der Waals surface area contributed by atoms with Gasteiger partial charge in [-0.2, -0.15) is 0 Å². The van der Waals surface area contributed by atoms with Gasteiger partial charge in [-0.05, 0) is 29.3 Å². The molecule has 0 heterocycles. The average molecular weight is 323 g/mol. The first-order valence-corrected chi connectivity index (χ1v) is 7.68. The van der Waals surface area contributed by atoms with Crippen LogP contribution in [0, 0.1) is 0 Å². The fourth-order valence-corrected chi connectivity index (χ4v) is 2.57. The molecule has 0 unspecified atom stereocenters. The Morgan fingerprint density at radius 1 is 0.783 bits per heavy atom. The summed E-state index contributed by atoms with van der Waals surface area (Å²) in [7, 11) is 0. The summed E-state index contributed by atoms with van der Waals surface area (Å²) >= 11 is 5.95. The van der Waals surface area contributed by atoms with Crippen molar-refractivity contribution in [2.75, 3.05) is 0 Å². The molecule has 0 aliphatic carbocycles. The van der Waals surface area contributed by atoms with E-state index >= 15 is 0 Å². The van der Waals surface area contributed by atoms with Gasteiger partial charge in [0.1, 0.15) is 0 Å². The largest absolute Gasteiger partial charge is 0.449 e. The molecule has 3 aromatic carbocycles. The molecule has 114 valence electrons. The van der Waals surface area contributed by atoms with Crippen LogP contribution in [0.2, 0.25) is 5.02 Å². The number of benzene rings is 3. The molecule has 0 aromatic heterocycles. The molecule has 0 aliphatic rings. The van der Waals surface area contributed by atoms with Crippen molar-refractivity contribution in [1.82, 2.24) is 0 Å². The van der Waals surface area contributed by atoms with Crippen molar-refractivity contribution in [3.05, 3.63) is 107 Å². The minimum atomic E-state index is -0.455. The van der Waals surface area contributed by atoms with E-state index in [4.69, 9.17) is 16.3 Å². The molecule has 0 bridgehead atoms. The molecule has 23 heavy (non-hydrogen) atoms. The van der Waals surface area contributed by atoms with Crippen LogP contribution in [0.25, 0.3) is 0 Å². The Bertz CT molecular complexity index is 746. The summed E-state index contributed by atoms with van der Waals surface area (Å²) in [5.41, 5.74) is 2.29. The Kier molecular flexibility index (Phi) is 4.74. The summed E-state index contributed by atoms with van der Waals surface area (Å²) in [5, 5.41) is 0.510. The summed E-state index contributed by atoms with van der Waals surface area (Å²) in [6.07, 6.45) is -0.455. The van der Waals surface area contributed by atoms with Crippen LogP contribution in [-0.2, 0) is 4.74 Å². The zero-order valence-electron chi connectivity index (χ0n) is 12.4. The smallest absolute Gasteiger partial charge is 0.339 e. The monoisotopic (exact) mass is 322 g/mol. The summed E-state index contributed by atoms with van der Waals surface area (Å²) in [6.45, 7) is 0. The molecule has 0 saturated heterocycles. The lowest BCUT2D eigenvalue weighted by Crippen LogP contribution is -2.13. The molecule has 0 fully saturated rings. The van der Waals surface area contributed by atoms with Crippen molar-refractivity contribution >= 4 is 17.6 Å². The van der Waals surface area contributed by atoms with Gasteiger partial charge >= 0.3 is 5.97 Å². The van der Waals surface area contributed by atoms with Crippen LogP contribution in [0.5, 0.6) is 0 Å². The highest BCUT2D eigenvalue weighted by Crippen LogP contribution is 2.27. The molecule has 0 atom stereocenters. The molecule has 3 heteroatoms. The molecule has 2 nitrogen and oxygen atoms in total. The number of rotatable bonds is 4. The third-order valence-corrected chi connectivity index (χ3v) is 3.72. The van der Waals surface area contributed by atoms with E-state index in [1.165, 1.54) is 0 Å². The van der Waals surface area contributed by atoms with Gasteiger partial charge in [0.2, 0.25) is 0 Å². The summed E-state index contributed by atoms with van der Waals surface area (Å²) in [6, 6.07) is 26.1. The number of ether oxygens (including phenoxy) is 1. The van der Waals surface area contributed by atoms with Crippen LogP contribution < -0.4 is 0 Å². The van der Waals surface area contributed by atoms with Gasteiger partial charge in [-0.15, -0.1) is 0 Å². The third kappa shape index (κ3) is 3.79. The van der Waals surface area contributed by atoms with Gasteiger partial charge in [-0.3, -0.25) is 0 Å². The molecule has 0 saturated carbocycles. The lowest BCUT2D eigenvalue weighted by atomic mass is 10.0. The van der Waals surface area contributed by atoms with Crippen molar-refractivity contribution in [2.45, 2.75) is 6.10 Å². The van der Waals surface area contributed by atoms with E-state index < -0.39 is 12.1 Å². The normalized spacial score (nSPS) is 10.5. The van der Waals surface area contributed by atoms with E-state index in [0.29, 0.717) is 10.6 Å². The van der Waals surface area contributed by atoms with E-state index in [0.717, 1.165) is 11.1 Å². The summed E-state index contributed by atoms with van der Waals surface area (Å²) in [4.78, 5) is 12.5.